The van der Waals surface area contributed by atoms with Gasteiger partial charge in [-0.3, -0.25) is 4.90 Å². The predicted octanol–water partition coefficient (Wildman–Crippen LogP) is 3.93. The smallest absolute Gasteiger partial charge is 0.358 e. The minimum absolute atomic E-state index is 0.202. The molecule has 1 fully saturated rings. The Hall–Kier alpha value is -3.59. The predicted molar refractivity (Wildman–Crippen MR) is 133 cm³/mol. The third kappa shape index (κ3) is 6.10. The van der Waals surface area contributed by atoms with Crippen molar-refractivity contribution in [2.24, 2.45) is 0 Å². The minimum Gasteiger partial charge on any atom is -0.492 e. The maximum absolute atomic E-state index is 11.5. The van der Waals surface area contributed by atoms with Crippen molar-refractivity contribution in [3.63, 3.8) is 0 Å². The van der Waals surface area contributed by atoms with Gasteiger partial charge in [-0.15, -0.1) is 0 Å². The summed E-state index contributed by atoms with van der Waals surface area (Å²) >= 11 is 0. The fraction of sp³-hybridized carbons (Fsp3) is 0.423. The molecule has 3 aromatic rings. The van der Waals surface area contributed by atoms with Gasteiger partial charge in [0, 0.05) is 38.1 Å². The molecular formula is C26H33N5O4. The van der Waals surface area contributed by atoms with Crippen LogP contribution < -0.4 is 14.8 Å². The lowest BCUT2D eigenvalue weighted by Crippen LogP contribution is -2.38. The maximum atomic E-state index is 11.5. The fourth-order valence-corrected chi connectivity index (χ4v) is 4.31. The molecule has 0 spiro atoms. The third-order valence-corrected chi connectivity index (χ3v) is 5.95. The Labute approximate surface area is 206 Å². The van der Waals surface area contributed by atoms with Crippen molar-refractivity contribution in [2.45, 2.75) is 39.3 Å². The van der Waals surface area contributed by atoms with Crippen molar-refractivity contribution in [2.75, 3.05) is 38.7 Å². The molecule has 35 heavy (non-hydrogen) atoms. The van der Waals surface area contributed by atoms with Crippen LogP contribution in [0.5, 0.6) is 11.5 Å². The first-order valence-corrected chi connectivity index (χ1v) is 12.1. The van der Waals surface area contributed by atoms with E-state index in [0.29, 0.717) is 25.1 Å². The van der Waals surface area contributed by atoms with Crippen LogP contribution >= 0.6 is 0 Å². The molecule has 0 saturated carbocycles. The van der Waals surface area contributed by atoms with Gasteiger partial charge in [-0.25, -0.2) is 14.8 Å². The van der Waals surface area contributed by atoms with Crippen LogP contribution in [0.25, 0.3) is 5.69 Å². The molecule has 0 aliphatic carbocycles. The molecule has 1 aliphatic rings. The van der Waals surface area contributed by atoms with Crippen molar-refractivity contribution in [1.82, 2.24) is 19.4 Å². The second-order valence-electron chi connectivity index (χ2n) is 8.37. The average molecular weight is 480 g/mol. The van der Waals surface area contributed by atoms with Crippen LogP contribution in [0.15, 0.2) is 49.1 Å². The van der Waals surface area contributed by atoms with Crippen molar-refractivity contribution < 1.29 is 19.0 Å². The van der Waals surface area contributed by atoms with Crippen LogP contribution in [0, 0.1) is 0 Å². The van der Waals surface area contributed by atoms with E-state index in [1.165, 1.54) is 18.9 Å². The van der Waals surface area contributed by atoms with E-state index >= 15 is 0 Å². The first kappa shape index (κ1) is 24.5. The molecule has 0 amide bonds. The Kier molecular flexibility index (Phi) is 8.20. The van der Waals surface area contributed by atoms with Crippen LogP contribution in [0.4, 0.5) is 5.82 Å². The normalized spacial score (nSPS) is 14.5. The first-order chi connectivity index (χ1) is 17.1. The number of carbonyl (C=O) groups excluding carboxylic acids is 1. The number of benzene rings is 1. The summed E-state index contributed by atoms with van der Waals surface area (Å²) in [6.07, 6.45) is 9.00. The molecule has 4 rings (SSSR count). The van der Waals surface area contributed by atoms with Crippen LogP contribution in [0.3, 0.4) is 0 Å². The van der Waals surface area contributed by atoms with E-state index in [1.807, 2.05) is 42.9 Å². The van der Waals surface area contributed by atoms with E-state index in [0.717, 1.165) is 49.7 Å². The molecule has 1 aliphatic heterocycles. The first-order valence-electron chi connectivity index (χ1n) is 12.1. The molecule has 9 nitrogen and oxygen atoms in total. The third-order valence-electron chi connectivity index (χ3n) is 5.95. The molecule has 186 valence electrons. The standard InChI is InChI=1S/C26H33N5O4/c1-4-34-22-14-19(15-23(35-5-2)25(22)31-10-6-7-11-31)18-30-12-8-20(9-13-30)29-24-17-27-21(16-28-24)26(32)33-3/h6-7,10-11,14-17,20H,4-5,8-9,12-13,18H2,1-3H3,(H,28,29). The highest BCUT2D eigenvalue weighted by molar-refractivity contribution is 5.86. The summed E-state index contributed by atoms with van der Waals surface area (Å²) in [7, 11) is 1.33. The zero-order valence-electron chi connectivity index (χ0n) is 20.6. The number of hydrogen-bond acceptors (Lipinski definition) is 8. The minimum atomic E-state index is -0.487. The second kappa shape index (κ2) is 11.7. The van der Waals surface area contributed by atoms with E-state index in [1.54, 1.807) is 6.20 Å². The summed E-state index contributed by atoms with van der Waals surface area (Å²) in [5, 5.41) is 3.43. The number of carbonyl (C=O) groups is 1. The number of anilines is 1. The number of hydrogen-bond donors (Lipinski definition) is 1. The summed E-state index contributed by atoms with van der Waals surface area (Å²) in [6.45, 7) is 7.91. The van der Waals surface area contributed by atoms with Crippen molar-refractivity contribution >= 4 is 11.8 Å². The van der Waals surface area contributed by atoms with E-state index in [4.69, 9.17) is 9.47 Å². The Morgan fingerprint density at radius 1 is 1.03 bits per heavy atom. The van der Waals surface area contributed by atoms with Gasteiger partial charge in [0.1, 0.15) is 23.0 Å². The second-order valence-corrected chi connectivity index (χ2v) is 8.37. The van der Waals surface area contributed by atoms with E-state index < -0.39 is 5.97 Å². The fourth-order valence-electron chi connectivity index (χ4n) is 4.31. The van der Waals surface area contributed by atoms with Gasteiger partial charge in [-0.05, 0) is 56.5 Å². The highest BCUT2D eigenvalue weighted by atomic mass is 16.5. The number of esters is 1. The van der Waals surface area contributed by atoms with Crippen LogP contribution in [-0.4, -0.2) is 64.9 Å². The molecule has 0 atom stereocenters. The lowest BCUT2D eigenvalue weighted by molar-refractivity contribution is 0.0593. The van der Waals surface area contributed by atoms with Crippen LogP contribution in [0.1, 0.15) is 42.7 Å². The lowest BCUT2D eigenvalue weighted by Gasteiger charge is -2.32. The highest BCUT2D eigenvalue weighted by Crippen LogP contribution is 2.35. The number of ether oxygens (including phenoxy) is 3. The van der Waals surface area contributed by atoms with Gasteiger partial charge in [0.05, 0.1) is 32.7 Å². The Morgan fingerprint density at radius 2 is 1.69 bits per heavy atom. The zero-order chi connectivity index (χ0) is 24.6. The molecule has 0 unspecified atom stereocenters. The monoisotopic (exact) mass is 479 g/mol. The van der Waals surface area contributed by atoms with Crippen molar-refractivity contribution in [3.8, 4) is 17.2 Å². The van der Waals surface area contributed by atoms with E-state index in [2.05, 4.69) is 37.1 Å². The van der Waals surface area contributed by atoms with E-state index in [-0.39, 0.29) is 5.69 Å². The number of nitrogens with one attached hydrogen (secondary N) is 1. The highest BCUT2D eigenvalue weighted by Gasteiger charge is 2.22. The molecule has 2 aromatic heterocycles. The molecule has 0 bridgehead atoms. The van der Waals surface area contributed by atoms with E-state index in [9.17, 15) is 4.79 Å². The number of nitrogens with zero attached hydrogens (tertiary/aromatic N) is 4. The summed E-state index contributed by atoms with van der Waals surface area (Å²) in [4.78, 5) is 22.4. The number of aromatic nitrogens is 3. The maximum Gasteiger partial charge on any atom is 0.358 e. The molecule has 1 aromatic carbocycles. The van der Waals surface area contributed by atoms with Gasteiger partial charge in [0.2, 0.25) is 0 Å². The Bertz CT molecular complexity index is 1070. The molecule has 1 N–H and O–H groups in total. The lowest BCUT2D eigenvalue weighted by atomic mass is 10.0. The number of piperidine rings is 1. The largest absolute Gasteiger partial charge is 0.492 e. The Balaban J connectivity index is 1.40. The van der Waals surface area contributed by atoms with Gasteiger partial charge in [0.25, 0.3) is 0 Å². The number of rotatable bonds is 10. The van der Waals surface area contributed by atoms with Gasteiger partial charge in [-0.1, -0.05) is 0 Å². The van der Waals surface area contributed by atoms with Gasteiger partial charge in [0.15, 0.2) is 5.69 Å². The summed E-state index contributed by atoms with van der Waals surface area (Å²) in [6, 6.07) is 8.56. The van der Waals surface area contributed by atoms with Crippen LogP contribution in [0.2, 0.25) is 0 Å². The van der Waals surface area contributed by atoms with Crippen molar-refractivity contribution in [3.05, 3.63) is 60.3 Å². The molecule has 3 heterocycles. The van der Waals surface area contributed by atoms with Crippen molar-refractivity contribution in [1.29, 1.82) is 0 Å². The summed E-state index contributed by atoms with van der Waals surface area (Å²) in [5.74, 6) is 1.84. The molecule has 9 heteroatoms. The molecule has 1 saturated heterocycles. The Morgan fingerprint density at radius 3 is 2.23 bits per heavy atom. The summed E-state index contributed by atoms with van der Waals surface area (Å²) in [5.41, 5.74) is 2.31. The molecular weight excluding hydrogens is 446 g/mol. The molecule has 0 radical (unpaired) electrons. The average Bonchev–Trinajstić information content (AvgIpc) is 3.40. The van der Waals surface area contributed by atoms with Crippen LogP contribution in [-0.2, 0) is 11.3 Å². The quantitative estimate of drug-likeness (QED) is 0.438. The number of methoxy groups -OCH3 is 1. The van der Waals surface area contributed by atoms with Gasteiger partial charge >= 0.3 is 5.97 Å². The van der Waals surface area contributed by atoms with Gasteiger partial charge in [-0.2, -0.15) is 0 Å². The van der Waals surface area contributed by atoms with Gasteiger partial charge < -0.3 is 24.1 Å². The summed E-state index contributed by atoms with van der Waals surface area (Å²) < 4.78 is 18.7. The number of likely N-dealkylation sites (tertiary alicyclic amines) is 1. The topological polar surface area (TPSA) is 90.7 Å². The zero-order valence-corrected chi connectivity index (χ0v) is 20.6. The SMILES string of the molecule is CCOc1cc(CN2CCC(Nc3cnc(C(=O)OC)cn3)CC2)cc(OCC)c1-n1cccc1.